The minimum Gasteiger partial charge on any atom is -0.329 e. The molecule has 0 fully saturated rings. The van der Waals surface area contributed by atoms with Gasteiger partial charge in [-0.2, -0.15) is 0 Å². The van der Waals surface area contributed by atoms with Crippen LogP contribution >= 0.6 is 0 Å². The Hall–Kier alpha value is -2.02. The average Bonchev–Trinajstić information content (AvgIpc) is 2.28. The predicted molar refractivity (Wildman–Crippen MR) is 64.5 cm³/mol. The van der Waals surface area contributed by atoms with E-state index in [0.717, 1.165) is 18.2 Å². The zero-order valence-corrected chi connectivity index (χ0v) is 10.1. The Kier molecular flexibility index (Phi) is 3.97. The Bertz CT molecular complexity index is 488. The number of nitro benzene ring substituents is 1. The van der Waals surface area contributed by atoms with Crippen LogP contribution in [0.1, 0.15) is 13.8 Å². The third-order valence-corrected chi connectivity index (χ3v) is 2.48. The second kappa shape index (κ2) is 5.09. The fourth-order valence-electron chi connectivity index (χ4n) is 1.14. The van der Waals surface area contributed by atoms with Gasteiger partial charge in [0.2, 0.25) is 5.91 Å². The molecule has 0 saturated carbocycles. The number of nitrogens with two attached hydrogens (primary N) is 1. The van der Waals surface area contributed by atoms with Gasteiger partial charge in [-0.25, -0.2) is 4.39 Å². The van der Waals surface area contributed by atoms with Crippen LogP contribution in [0.5, 0.6) is 0 Å². The van der Waals surface area contributed by atoms with Crippen LogP contribution in [0, 0.1) is 21.3 Å². The number of hydrogen-bond donors (Lipinski definition) is 2. The van der Waals surface area contributed by atoms with Crippen LogP contribution in [0.15, 0.2) is 18.2 Å². The smallest absolute Gasteiger partial charge is 0.274 e. The van der Waals surface area contributed by atoms with Gasteiger partial charge in [-0.1, -0.05) is 0 Å². The molecule has 18 heavy (non-hydrogen) atoms. The highest BCUT2D eigenvalue weighted by Gasteiger charge is 2.26. The molecule has 0 spiro atoms. The number of non-ortho nitro benzene ring substituents is 1. The van der Waals surface area contributed by atoms with E-state index in [9.17, 15) is 19.3 Å². The van der Waals surface area contributed by atoms with E-state index >= 15 is 0 Å². The lowest BCUT2D eigenvalue weighted by atomic mass is 9.92. The molecule has 1 aromatic rings. The number of benzene rings is 1. The molecule has 0 heterocycles. The lowest BCUT2D eigenvalue weighted by Gasteiger charge is -2.21. The fraction of sp³-hybridized carbons (Fsp3) is 0.364. The molecule has 6 nitrogen and oxygen atoms in total. The van der Waals surface area contributed by atoms with E-state index in [1.54, 1.807) is 13.8 Å². The molecule has 1 amide bonds. The number of amides is 1. The number of nitrogens with zero attached hydrogens (tertiary/aromatic N) is 1. The second-order valence-electron chi connectivity index (χ2n) is 4.50. The fourth-order valence-corrected chi connectivity index (χ4v) is 1.14. The van der Waals surface area contributed by atoms with E-state index in [-0.39, 0.29) is 12.2 Å². The van der Waals surface area contributed by atoms with Crippen molar-refractivity contribution in [1.82, 2.24) is 0 Å². The zero-order valence-electron chi connectivity index (χ0n) is 10.1. The summed E-state index contributed by atoms with van der Waals surface area (Å²) in [5.74, 6) is -1.21. The first-order valence-corrected chi connectivity index (χ1v) is 5.23. The Morgan fingerprint density at radius 3 is 2.61 bits per heavy atom. The van der Waals surface area contributed by atoms with E-state index in [4.69, 9.17) is 5.73 Å². The molecule has 0 bridgehead atoms. The number of nitrogens with one attached hydrogen (secondary N) is 1. The van der Waals surface area contributed by atoms with Crippen LogP contribution in [0.25, 0.3) is 0 Å². The van der Waals surface area contributed by atoms with Gasteiger partial charge in [-0.15, -0.1) is 0 Å². The summed E-state index contributed by atoms with van der Waals surface area (Å²) in [4.78, 5) is 21.6. The summed E-state index contributed by atoms with van der Waals surface area (Å²) in [6, 6.07) is 2.88. The minimum absolute atomic E-state index is 0.0354. The topological polar surface area (TPSA) is 98.3 Å². The third-order valence-electron chi connectivity index (χ3n) is 2.48. The van der Waals surface area contributed by atoms with Crippen molar-refractivity contribution in [3.63, 3.8) is 0 Å². The molecule has 0 saturated heterocycles. The highest BCUT2D eigenvalue weighted by atomic mass is 19.1. The van der Waals surface area contributed by atoms with Crippen LogP contribution in [0.3, 0.4) is 0 Å². The number of nitro groups is 1. The molecule has 0 atom stereocenters. The van der Waals surface area contributed by atoms with Crippen molar-refractivity contribution < 1.29 is 14.1 Å². The lowest BCUT2D eigenvalue weighted by Crippen LogP contribution is -2.37. The normalized spacial score (nSPS) is 11.1. The molecule has 7 heteroatoms. The quantitative estimate of drug-likeness (QED) is 0.631. The minimum atomic E-state index is -0.832. The van der Waals surface area contributed by atoms with Crippen molar-refractivity contribution in [2.75, 3.05) is 11.9 Å². The third kappa shape index (κ3) is 3.24. The maximum atomic E-state index is 13.1. The van der Waals surface area contributed by atoms with Crippen molar-refractivity contribution in [2.24, 2.45) is 11.1 Å². The molecular weight excluding hydrogens is 241 g/mol. The molecule has 1 aromatic carbocycles. The Labute approximate surface area is 103 Å². The van der Waals surface area contributed by atoms with Crippen molar-refractivity contribution in [2.45, 2.75) is 13.8 Å². The van der Waals surface area contributed by atoms with E-state index in [2.05, 4.69) is 5.32 Å². The Morgan fingerprint density at radius 1 is 1.50 bits per heavy atom. The van der Waals surface area contributed by atoms with Crippen LogP contribution in [0.4, 0.5) is 15.8 Å². The van der Waals surface area contributed by atoms with E-state index in [1.807, 2.05) is 0 Å². The molecular formula is C11H14FN3O3. The van der Waals surface area contributed by atoms with Gasteiger partial charge in [-0.3, -0.25) is 14.9 Å². The summed E-state index contributed by atoms with van der Waals surface area (Å²) in [6.07, 6.45) is 0. The molecule has 0 aromatic heterocycles. The second-order valence-corrected chi connectivity index (χ2v) is 4.50. The maximum absolute atomic E-state index is 13.1. The number of rotatable bonds is 4. The Balaban J connectivity index is 2.98. The Morgan fingerprint density at radius 2 is 2.11 bits per heavy atom. The SMILES string of the molecule is CC(C)(CN)C(=O)Nc1cc(F)cc([N+](=O)[O-])c1. The molecule has 0 aliphatic heterocycles. The summed E-state index contributed by atoms with van der Waals surface area (Å²) in [7, 11) is 0. The van der Waals surface area contributed by atoms with E-state index < -0.39 is 27.8 Å². The van der Waals surface area contributed by atoms with Crippen LogP contribution < -0.4 is 11.1 Å². The van der Waals surface area contributed by atoms with Gasteiger partial charge < -0.3 is 11.1 Å². The molecule has 3 N–H and O–H groups in total. The summed E-state index contributed by atoms with van der Waals surface area (Å²) < 4.78 is 13.1. The van der Waals surface area contributed by atoms with Crippen LogP contribution in [-0.4, -0.2) is 17.4 Å². The van der Waals surface area contributed by atoms with Gasteiger partial charge in [-0.05, 0) is 19.9 Å². The van der Waals surface area contributed by atoms with Gasteiger partial charge >= 0.3 is 0 Å². The molecule has 1 rings (SSSR count). The highest BCUT2D eigenvalue weighted by molar-refractivity contribution is 5.95. The summed E-state index contributed by atoms with van der Waals surface area (Å²) in [6.45, 7) is 3.35. The van der Waals surface area contributed by atoms with Crippen LogP contribution in [0.2, 0.25) is 0 Å². The highest BCUT2D eigenvalue weighted by Crippen LogP contribution is 2.22. The molecule has 0 aliphatic carbocycles. The standard InChI is InChI=1S/C11H14FN3O3/c1-11(2,6-13)10(16)14-8-3-7(12)4-9(5-8)15(17)18/h3-5H,6,13H2,1-2H3,(H,14,16). The van der Waals surface area contributed by atoms with Gasteiger partial charge in [0.15, 0.2) is 0 Å². The summed E-state index contributed by atoms with van der Waals surface area (Å²) in [5, 5.41) is 13.0. The zero-order chi connectivity index (χ0) is 13.9. The van der Waals surface area contributed by atoms with Crippen molar-refractivity contribution in [3.05, 3.63) is 34.1 Å². The molecule has 0 unspecified atom stereocenters. The van der Waals surface area contributed by atoms with E-state index in [1.165, 1.54) is 0 Å². The summed E-state index contributed by atoms with van der Waals surface area (Å²) >= 11 is 0. The van der Waals surface area contributed by atoms with Gasteiger partial charge in [0, 0.05) is 12.6 Å². The van der Waals surface area contributed by atoms with E-state index in [0.29, 0.717) is 0 Å². The van der Waals surface area contributed by atoms with Crippen LogP contribution in [-0.2, 0) is 4.79 Å². The first-order valence-electron chi connectivity index (χ1n) is 5.23. The van der Waals surface area contributed by atoms with Crippen molar-refractivity contribution in [1.29, 1.82) is 0 Å². The number of carbonyl (C=O) groups is 1. The first-order chi connectivity index (χ1) is 8.26. The van der Waals surface area contributed by atoms with Gasteiger partial charge in [0.25, 0.3) is 5.69 Å². The monoisotopic (exact) mass is 255 g/mol. The number of halogens is 1. The maximum Gasteiger partial charge on any atom is 0.274 e. The van der Waals surface area contributed by atoms with Gasteiger partial charge in [0.1, 0.15) is 5.82 Å². The molecule has 0 radical (unpaired) electrons. The largest absolute Gasteiger partial charge is 0.329 e. The van der Waals surface area contributed by atoms with Crippen molar-refractivity contribution >= 4 is 17.3 Å². The number of carbonyl (C=O) groups excluding carboxylic acids is 1. The first kappa shape index (κ1) is 14.0. The number of hydrogen-bond acceptors (Lipinski definition) is 4. The predicted octanol–water partition coefficient (Wildman–Crippen LogP) is 1.66. The van der Waals surface area contributed by atoms with Crippen molar-refractivity contribution in [3.8, 4) is 0 Å². The lowest BCUT2D eigenvalue weighted by molar-refractivity contribution is -0.385. The number of anilines is 1. The average molecular weight is 255 g/mol. The molecule has 0 aliphatic rings. The van der Waals surface area contributed by atoms with Gasteiger partial charge in [0.05, 0.1) is 22.1 Å². The molecule has 98 valence electrons. The summed E-state index contributed by atoms with van der Waals surface area (Å²) in [5.41, 5.74) is 4.21.